The maximum Gasteiger partial charge on any atom is 0.238 e. The summed E-state index contributed by atoms with van der Waals surface area (Å²) in [6.45, 7) is 6.64. The quantitative estimate of drug-likeness (QED) is 0.752. The number of anilines is 1. The molecular formula is C25H35N5O2. The summed E-state index contributed by atoms with van der Waals surface area (Å²) in [7, 11) is 4.01. The average Bonchev–Trinajstić information content (AvgIpc) is 2.79. The Labute approximate surface area is 191 Å². The summed E-state index contributed by atoms with van der Waals surface area (Å²) in [4.78, 5) is 30.1. The molecule has 32 heavy (non-hydrogen) atoms. The molecule has 1 heterocycles. The Morgan fingerprint density at radius 3 is 2.34 bits per heavy atom. The zero-order valence-electron chi connectivity index (χ0n) is 19.6. The molecule has 1 atom stereocenters. The normalized spacial score (nSPS) is 19.0. The number of carbonyl (C=O) groups excluding carboxylic acids is 2. The molecule has 2 aromatic rings. The minimum atomic E-state index is -0.110. The summed E-state index contributed by atoms with van der Waals surface area (Å²) < 4.78 is 0. The van der Waals surface area contributed by atoms with E-state index in [0.717, 1.165) is 16.8 Å². The first-order valence-electron chi connectivity index (χ1n) is 11.2. The Balaban J connectivity index is 1.86. The summed E-state index contributed by atoms with van der Waals surface area (Å²) >= 11 is 0. The van der Waals surface area contributed by atoms with Crippen LogP contribution in [0.2, 0.25) is 0 Å². The molecule has 1 unspecified atom stereocenters. The summed E-state index contributed by atoms with van der Waals surface area (Å²) in [6, 6.07) is 18.2. The standard InChI is InChI=1S/C25H35N5O2/c1-5-28-18-24(31)26-15-20(2)30(17-22-12-9-13-23(14-22)27(3)4)25(32)19-29(28)16-21-10-7-6-8-11-21/h6-14,20H,5,15-19H2,1-4H3,(H,26,31). The second kappa shape index (κ2) is 11.1. The van der Waals surface area contributed by atoms with Gasteiger partial charge >= 0.3 is 0 Å². The van der Waals surface area contributed by atoms with Gasteiger partial charge in [0.05, 0.1) is 13.1 Å². The lowest BCUT2D eigenvalue weighted by molar-refractivity contribution is -0.146. The highest BCUT2D eigenvalue weighted by Gasteiger charge is 2.28. The van der Waals surface area contributed by atoms with Crippen LogP contribution in [0.3, 0.4) is 0 Å². The van der Waals surface area contributed by atoms with E-state index in [4.69, 9.17) is 0 Å². The van der Waals surface area contributed by atoms with Gasteiger partial charge in [0.1, 0.15) is 0 Å². The molecule has 1 aliphatic rings. The minimum absolute atomic E-state index is 0.0272. The molecule has 0 radical (unpaired) electrons. The number of rotatable bonds is 6. The fourth-order valence-corrected chi connectivity index (χ4v) is 3.92. The van der Waals surface area contributed by atoms with Crippen molar-refractivity contribution in [3.63, 3.8) is 0 Å². The zero-order chi connectivity index (χ0) is 23.1. The largest absolute Gasteiger partial charge is 0.378 e. The van der Waals surface area contributed by atoms with Gasteiger partial charge in [-0.05, 0) is 30.2 Å². The number of hydrazine groups is 1. The lowest BCUT2D eigenvalue weighted by Gasteiger charge is -2.38. The van der Waals surface area contributed by atoms with Crippen LogP contribution in [-0.2, 0) is 22.7 Å². The number of nitrogens with zero attached hydrogens (tertiary/aromatic N) is 4. The van der Waals surface area contributed by atoms with E-state index in [0.29, 0.717) is 26.2 Å². The number of benzene rings is 2. The lowest BCUT2D eigenvalue weighted by atomic mass is 10.1. The third kappa shape index (κ3) is 6.31. The highest BCUT2D eigenvalue weighted by Crippen LogP contribution is 2.18. The predicted octanol–water partition coefficient (Wildman–Crippen LogP) is 2.34. The molecule has 1 aliphatic heterocycles. The zero-order valence-corrected chi connectivity index (χ0v) is 19.6. The Hall–Kier alpha value is -2.90. The third-order valence-electron chi connectivity index (χ3n) is 5.84. The van der Waals surface area contributed by atoms with Gasteiger partial charge in [-0.1, -0.05) is 49.4 Å². The van der Waals surface area contributed by atoms with Gasteiger partial charge in [-0.15, -0.1) is 0 Å². The van der Waals surface area contributed by atoms with Gasteiger partial charge in [-0.3, -0.25) is 9.59 Å². The predicted molar refractivity (Wildman–Crippen MR) is 128 cm³/mol. The maximum atomic E-state index is 13.5. The number of likely N-dealkylation sites (N-methyl/N-ethyl adjacent to an activating group) is 1. The topological polar surface area (TPSA) is 59.1 Å². The summed E-state index contributed by atoms with van der Waals surface area (Å²) in [6.07, 6.45) is 0. The highest BCUT2D eigenvalue weighted by atomic mass is 16.2. The molecule has 0 saturated carbocycles. The summed E-state index contributed by atoms with van der Waals surface area (Å²) in [5.74, 6) is 0.0268. The van der Waals surface area contributed by atoms with Crippen molar-refractivity contribution in [1.82, 2.24) is 20.2 Å². The van der Waals surface area contributed by atoms with Crippen LogP contribution >= 0.6 is 0 Å². The summed E-state index contributed by atoms with van der Waals surface area (Å²) in [5.41, 5.74) is 3.27. The van der Waals surface area contributed by atoms with E-state index in [2.05, 4.69) is 22.3 Å². The van der Waals surface area contributed by atoms with Gasteiger partial charge < -0.3 is 15.1 Å². The molecule has 0 aliphatic carbocycles. The average molecular weight is 438 g/mol. The molecule has 3 rings (SSSR count). The van der Waals surface area contributed by atoms with E-state index in [1.54, 1.807) is 0 Å². The second-order valence-corrected chi connectivity index (χ2v) is 8.53. The molecule has 0 spiro atoms. The molecule has 7 heteroatoms. The van der Waals surface area contributed by atoms with E-state index in [9.17, 15) is 9.59 Å². The number of hydrogen-bond donors (Lipinski definition) is 1. The van der Waals surface area contributed by atoms with E-state index in [1.807, 2.05) is 85.3 Å². The minimum Gasteiger partial charge on any atom is -0.378 e. The van der Waals surface area contributed by atoms with Crippen LogP contribution in [0.4, 0.5) is 5.69 Å². The molecule has 1 saturated heterocycles. The summed E-state index contributed by atoms with van der Waals surface area (Å²) in [5, 5.41) is 6.97. The van der Waals surface area contributed by atoms with Crippen molar-refractivity contribution >= 4 is 17.5 Å². The van der Waals surface area contributed by atoms with Crippen molar-refractivity contribution < 1.29 is 9.59 Å². The molecule has 2 amide bonds. The number of hydrogen-bond acceptors (Lipinski definition) is 5. The van der Waals surface area contributed by atoms with Gasteiger partial charge in [0.15, 0.2) is 0 Å². The van der Waals surface area contributed by atoms with Crippen molar-refractivity contribution in [1.29, 1.82) is 0 Å². The molecular weight excluding hydrogens is 402 g/mol. The highest BCUT2D eigenvalue weighted by molar-refractivity contribution is 5.80. The first-order valence-corrected chi connectivity index (χ1v) is 11.2. The van der Waals surface area contributed by atoms with E-state index in [-0.39, 0.29) is 30.9 Å². The Morgan fingerprint density at radius 1 is 0.938 bits per heavy atom. The van der Waals surface area contributed by atoms with Crippen LogP contribution in [0.15, 0.2) is 54.6 Å². The second-order valence-electron chi connectivity index (χ2n) is 8.53. The fraction of sp³-hybridized carbons (Fsp3) is 0.440. The lowest BCUT2D eigenvalue weighted by Crippen LogP contribution is -2.56. The van der Waals surface area contributed by atoms with E-state index in [1.165, 1.54) is 0 Å². The van der Waals surface area contributed by atoms with Crippen molar-refractivity contribution in [2.24, 2.45) is 0 Å². The third-order valence-corrected chi connectivity index (χ3v) is 5.84. The van der Waals surface area contributed by atoms with Gasteiger partial charge in [-0.2, -0.15) is 0 Å². The van der Waals surface area contributed by atoms with E-state index < -0.39 is 0 Å². The Bertz CT molecular complexity index is 902. The monoisotopic (exact) mass is 437 g/mol. The number of amides is 2. The van der Waals surface area contributed by atoms with E-state index >= 15 is 0 Å². The molecule has 7 nitrogen and oxygen atoms in total. The molecule has 1 fully saturated rings. The molecule has 2 aromatic carbocycles. The van der Waals surface area contributed by atoms with Crippen molar-refractivity contribution in [2.45, 2.75) is 33.0 Å². The van der Waals surface area contributed by atoms with Crippen molar-refractivity contribution in [3.8, 4) is 0 Å². The van der Waals surface area contributed by atoms with Gasteiger partial charge in [-0.25, -0.2) is 10.0 Å². The maximum absolute atomic E-state index is 13.5. The first kappa shape index (κ1) is 23.8. The Morgan fingerprint density at radius 2 is 1.66 bits per heavy atom. The molecule has 172 valence electrons. The molecule has 0 aromatic heterocycles. The van der Waals surface area contributed by atoms with Crippen LogP contribution in [0, 0.1) is 0 Å². The first-order chi connectivity index (χ1) is 15.4. The number of carbonyl (C=O) groups is 2. The van der Waals surface area contributed by atoms with Gasteiger partial charge in [0.25, 0.3) is 0 Å². The Kier molecular flexibility index (Phi) is 8.25. The van der Waals surface area contributed by atoms with Crippen LogP contribution < -0.4 is 10.2 Å². The van der Waals surface area contributed by atoms with Crippen LogP contribution in [0.5, 0.6) is 0 Å². The fourth-order valence-electron chi connectivity index (χ4n) is 3.92. The van der Waals surface area contributed by atoms with Crippen molar-refractivity contribution in [3.05, 3.63) is 65.7 Å². The molecule has 0 bridgehead atoms. The van der Waals surface area contributed by atoms with Crippen LogP contribution in [0.1, 0.15) is 25.0 Å². The van der Waals surface area contributed by atoms with Gasteiger partial charge in [0, 0.05) is 52.0 Å². The van der Waals surface area contributed by atoms with Gasteiger partial charge in [0.2, 0.25) is 11.8 Å². The smallest absolute Gasteiger partial charge is 0.238 e. The van der Waals surface area contributed by atoms with Crippen LogP contribution in [0.25, 0.3) is 0 Å². The SMILES string of the molecule is CCN1CC(=O)NCC(C)N(Cc2cccc(N(C)C)c2)C(=O)CN1Cc1ccccc1. The molecule has 1 N–H and O–H groups in total. The number of nitrogens with one attached hydrogen (secondary N) is 1. The van der Waals surface area contributed by atoms with Crippen molar-refractivity contribution in [2.75, 3.05) is 45.2 Å². The van der Waals surface area contributed by atoms with Crippen LogP contribution in [-0.4, -0.2) is 73.0 Å².